The maximum Gasteiger partial charge on any atom is 0.350 e. The molecule has 2 atom stereocenters. The van der Waals surface area contributed by atoms with Gasteiger partial charge in [0, 0.05) is 24.5 Å². The van der Waals surface area contributed by atoms with Gasteiger partial charge in [-0.3, -0.25) is 0 Å². The van der Waals surface area contributed by atoms with Crippen LogP contribution in [0.2, 0.25) is 0 Å². The van der Waals surface area contributed by atoms with Crippen LogP contribution in [0.25, 0.3) is 0 Å². The van der Waals surface area contributed by atoms with Crippen LogP contribution < -0.4 is 0 Å². The van der Waals surface area contributed by atoms with Crippen molar-refractivity contribution in [3.05, 3.63) is 11.6 Å². The first kappa shape index (κ1) is 14.1. The number of fused-ring (bicyclic) bond motifs is 1. The molecule has 0 radical (unpaired) electrons. The fourth-order valence-corrected chi connectivity index (χ4v) is 4.00. The number of aliphatic carboxylic acids is 1. The van der Waals surface area contributed by atoms with Gasteiger partial charge in [-0.1, -0.05) is 0 Å². The molecule has 4 rings (SSSR count). The summed E-state index contributed by atoms with van der Waals surface area (Å²) in [7, 11) is 0. The molecule has 2 unspecified atom stereocenters. The second-order valence-electron chi connectivity index (χ2n) is 6.42. The third-order valence-corrected chi connectivity index (χ3v) is 4.69. The fourth-order valence-electron chi connectivity index (χ4n) is 4.00. The number of ether oxygens (including phenoxy) is 2. The molecule has 2 aliphatic carbocycles. The Balaban J connectivity index is 1.84. The van der Waals surface area contributed by atoms with E-state index in [1.807, 2.05) is 0 Å². The maximum absolute atomic E-state index is 12.3. The highest BCUT2D eigenvalue weighted by molar-refractivity contribution is 5.97. The Hall–Kier alpha value is -1.85. The van der Waals surface area contributed by atoms with Crippen molar-refractivity contribution in [2.24, 2.45) is 11.8 Å². The molecule has 2 heterocycles. The minimum Gasteiger partial charge on any atom is -0.478 e. The highest BCUT2D eigenvalue weighted by Gasteiger charge is 2.56. The summed E-state index contributed by atoms with van der Waals surface area (Å²) in [6.07, 6.45) is 4.45. The lowest BCUT2D eigenvalue weighted by Crippen LogP contribution is -2.48. The van der Waals surface area contributed by atoms with Gasteiger partial charge in [0.25, 0.3) is 0 Å². The Labute approximate surface area is 122 Å². The van der Waals surface area contributed by atoms with Gasteiger partial charge in [-0.2, -0.15) is 0 Å². The lowest BCUT2D eigenvalue weighted by molar-refractivity contribution is -0.183. The topological polar surface area (TPSA) is 89.9 Å². The van der Waals surface area contributed by atoms with Crippen molar-refractivity contribution >= 4 is 17.9 Å². The molecule has 6 heteroatoms. The summed E-state index contributed by atoms with van der Waals surface area (Å²) >= 11 is 0. The molecule has 2 aliphatic heterocycles. The van der Waals surface area contributed by atoms with Crippen LogP contribution in [0.15, 0.2) is 11.6 Å². The van der Waals surface area contributed by atoms with Crippen molar-refractivity contribution in [2.75, 3.05) is 0 Å². The zero-order valence-corrected chi connectivity index (χ0v) is 11.8. The molecule has 0 spiro atoms. The standard InChI is InChI=1S/C15H18O6/c1-8(2-12(16)17)13(18)21-15-6-9-3-10(7-15)5-11(4-9)20-14(15)19/h2,9-11H,3-7H2,1H3,(H,16,17)/b8-2+. The number of esters is 2. The van der Waals surface area contributed by atoms with E-state index in [0.717, 1.165) is 25.3 Å². The normalized spacial score (nSPS) is 37.9. The van der Waals surface area contributed by atoms with Gasteiger partial charge in [-0.05, 0) is 38.0 Å². The van der Waals surface area contributed by atoms with Crippen LogP contribution in [0.4, 0.5) is 0 Å². The molecule has 0 aromatic heterocycles. The first-order valence-corrected chi connectivity index (χ1v) is 7.23. The average Bonchev–Trinajstić information content (AvgIpc) is 2.49. The van der Waals surface area contributed by atoms with Crippen molar-refractivity contribution in [1.82, 2.24) is 0 Å². The quantitative estimate of drug-likeness (QED) is 0.625. The third kappa shape index (κ3) is 2.54. The summed E-state index contributed by atoms with van der Waals surface area (Å²) in [6.45, 7) is 1.37. The van der Waals surface area contributed by atoms with Gasteiger partial charge in [-0.25, -0.2) is 14.4 Å². The van der Waals surface area contributed by atoms with Crippen molar-refractivity contribution in [1.29, 1.82) is 0 Å². The fraction of sp³-hybridized carbons (Fsp3) is 0.667. The van der Waals surface area contributed by atoms with Crippen molar-refractivity contribution in [2.45, 2.75) is 50.7 Å². The molecule has 4 aliphatic rings. The smallest absolute Gasteiger partial charge is 0.350 e. The predicted octanol–water partition coefficient (Wildman–Crippen LogP) is 1.43. The number of carboxylic acid groups (broad SMARTS) is 1. The van der Waals surface area contributed by atoms with E-state index in [1.165, 1.54) is 6.92 Å². The minimum atomic E-state index is -1.22. The van der Waals surface area contributed by atoms with Crippen LogP contribution in [0.5, 0.6) is 0 Å². The zero-order chi connectivity index (χ0) is 15.2. The first-order valence-electron chi connectivity index (χ1n) is 7.23. The van der Waals surface area contributed by atoms with E-state index >= 15 is 0 Å². The van der Waals surface area contributed by atoms with E-state index in [1.54, 1.807) is 0 Å². The van der Waals surface area contributed by atoms with E-state index < -0.39 is 23.5 Å². The number of carboxylic acids is 1. The van der Waals surface area contributed by atoms with Crippen molar-refractivity contribution in [3.8, 4) is 0 Å². The molecule has 0 aromatic rings. The van der Waals surface area contributed by atoms with Crippen LogP contribution in [0, 0.1) is 11.8 Å². The minimum absolute atomic E-state index is 0.0246. The first-order chi connectivity index (χ1) is 9.88. The van der Waals surface area contributed by atoms with Crippen LogP contribution in [0.3, 0.4) is 0 Å². The van der Waals surface area contributed by atoms with Gasteiger partial charge in [-0.15, -0.1) is 0 Å². The van der Waals surface area contributed by atoms with Gasteiger partial charge in [0.05, 0.1) is 0 Å². The van der Waals surface area contributed by atoms with E-state index in [-0.39, 0.29) is 11.7 Å². The predicted molar refractivity (Wildman–Crippen MR) is 70.2 cm³/mol. The number of hydrogen-bond donors (Lipinski definition) is 1. The number of carbonyl (C=O) groups is 3. The van der Waals surface area contributed by atoms with E-state index in [4.69, 9.17) is 14.6 Å². The largest absolute Gasteiger partial charge is 0.478 e. The van der Waals surface area contributed by atoms with E-state index in [9.17, 15) is 14.4 Å². The maximum atomic E-state index is 12.3. The molecule has 0 amide bonds. The number of carbonyl (C=O) groups excluding carboxylic acids is 2. The van der Waals surface area contributed by atoms with Gasteiger partial charge in [0.15, 0.2) is 0 Å². The Morgan fingerprint density at radius 3 is 2.48 bits per heavy atom. The van der Waals surface area contributed by atoms with Crippen LogP contribution in [-0.4, -0.2) is 34.7 Å². The van der Waals surface area contributed by atoms with Gasteiger partial charge < -0.3 is 14.6 Å². The Kier molecular flexibility index (Phi) is 3.26. The number of hydrogen-bond acceptors (Lipinski definition) is 5. The average molecular weight is 294 g/mol. The van der Waals surface area contributed by atoms with Crippen LogP contribution in [0.1, 0.15) is 39.0 Å². The summed E-state index contributed by atoms with van der Waals surface area (Å²) < 4.78 is 10.9. The summed E-state index contributed by atoms with van der Waals surface area (Å²) in [4.78, 5) is 35.0. The molecule has 4 bridgehead atoms. The lowest BCUT2D eigenvalue weighted by atomic mass is 9.66. The monoisotopic (exact) mass is 294 g/mol. The van der Waals surface area contributed by atoms with Crippen molar-refractivity contribution in [3.63, 3.8) is 0 Å². The molecular formula is C15H18O6. The Bertz CT molecular complexity index is 520. The second-order valence-corrected chi connectivity index (χ2v) is 6.42. The molecule has 21 heavy (non-hydrogen) atoms. The summed E-state index contributed by atoms with van der Waals surface area (Å²) in [5, 5.41) is 8.68. The van der Waals surface area contributed by atoms with E-state index in [0.29, 0.717) is 24.7 Å². The lowest BCUT2D eigenvalue weighted by Gasteiger charge is -2.41. The highest BCUT2D eigenvalue weighted by Crippen LogP contribution is 2.50. The molecule has 0 aromatic carbocycles. The van der Waals surface area contributed by atoms with Crippen molar-refractivity contribution < 1.29 is 29.0 Å². The van der Waals surface area contributed by atoms with E-state index in [2.05, 4.69) is 0 Å². The zero-order valence-electron chi connectivity index (χ0n) is 11.8. The molecule has 6 nitrogen and oxygen atoms in total. The van der Waals surface area contributed by atoms with Gasteiger partial charge in [0.2, 0.25) is 5.60 Å². The SMILES string of the molecule is C/C(=C\C(=O)O)C(=O)OC12CC3CC(CC(C3)OC1=O)C2. The molecule has 2 saturated heterocycles. The third-order valence-electron chi connectivity index (χ3n) is 4.69. The molecule has 1 N–H and O–H groups in total. The highest BCUT2D eigenvalue weighted by atomic mass is 16.6. The molecule has 2 saturated carbocycles. The summed E-state index contributed by atoms with van der Waals surface area (Å²) in [5.74, 6) is -1.76. The molecular weight excluding hydrogens is 276 g/mol. The summed E-state index contributed by atoms with van der Waals surface area (Å²) in [6, 6.07) is 0. The Morgan fingerprint density at radius 1 is 1.29 bits per heavy atom. The van der Waals surface area contributed by atoms with Crippen LogP contribution >= 0.6 is 0 Å². The molecule has 114 valence electrons. The van der Waals surface area contributed by atoms with Gasteiger partial charge in [0.1, 0.15) is 6.10 Å². The van der Waals surface area contributed by atoms with Crippen LogP contribution in [-0.2, 0) is 23.9 Å². The number of rotatable bonds is 3. The summed E-state index contributed by atoms with van der Waals surface area (Å²) in [5.41, 5.74) is -1.24. The second kappa shape index (κ2) is 4.86. The molecule has 4 fully saturated rings. The van der Waals surface area contributed by atoms with Gasteiger partial charge >= 0.3 is 17.9 Å². The Morgan fingerprint density at radius 2 is 1.90 bits per heavy atom.